The molecule has 0 radical (unpaired) electrons. The Morgan fingerprint density at radius 2 is 1.95 bits per heavy atom. The van der Waals surface area contributed by atoms with E-state index in [4.69, 9.17) is 0 Å². The number of para-hydroxylation sites is 1. The van der Waals surface area contributed by atoms with Gasteiger partial charge in [0.05, 0.1) is 11.0 Å². The molecule has 2 rings (SSSR count). The molecule has 2 N–H and O–H groups in total. The number of aromatic hydroxyl groups is 1. The van der Waals surface area contributed by atoms with Crippen molar-refractivity contribution in [1.29, 1.82) is 0 Å². The average molecular weight is 286 g/mol. The standard InChI is InChI=1S/C15H14N2O4/c1-10(18)16-15(13-7-2-3-8-14(13)19)11-5-4-6-12(9-11)17(20)21/h2-9,15,19H,1H3,(H,16,18)/t15-/m0/s1. The van der Waals surface area contributed by atoms with Crippen molar-refractivity contribution in [3.05, 3.63) is 69.8 Å². The van der Waals surface area contributed by atoms with Crippen LogP contribution in [0.5, 0.6) is 5.75 Å². The molecule has 0 aliphatic heterocycles. The second kappa shape index (κ2) is 6.04. The van der Waals surface area contributed by atoms with Crippen LogP contribution in [0.1, 0.15) is 24.1 Å². The van der Waals surface area contributed by atoms with Gasteiger partial charge in [0.25, 0.3) is 5.69 Å². The molecule has 1 amide bonds. The number of nitro groups is 1. The van der Waals surface area contributed by atoms with Crippen LogP contribution in [0.2, 0.25) is 0 Å². The van der Waals surface area contributed by atoms with Crippen molar-refractivity contribution in [3.63, 3.8) is 0 Å². The van der Waals surface area contributed by atoms with Crippen LogP contribution in [-0.4, -0.2) is 15.9 Å². The fourth-order valence-electron chi connectivity index (χ4n) is 2.09. The van der Waals surface area contributed by atoms with Gasteiger partial charge >= 0.3 is 0 Å². The number of amides is 1. The van der Waals surface area contributed by atoms with E-state index in [1.165, 1.54) is 25.1 Å². The van der Waals surface area contributed by atoms with Crippen molar-refractivity contribution < 1.29 is 14.8 Å². The number of carbonyl (C=O) groups is 1. The molecule has 0 saturated carbocycles. The fourth-order valence-corrected chi connectivity index (χ4v) is 2.09. The number of phenolic OH excluding ortho intramolecular Hbond substituents is 1. The van der Waals surface area contributed by atoms with Crippen LogP contribution in [-0.2, 0) is 4.79 Å². The summed E-state index contributed by atoms with van der Waals surface area (Å²) in [5.41, 5.74) is 0.937. The Bertz CT molecular complexity index is 685. The minimum absolute atomic E-state index is 0.0164. The molecule has 0 aliphatic carbocycles. The van der Waals surface area contributed by atoms with Crippen LogP contribution in [0.15, 0.2) is 48.5 Å². The third-order valence-electron chi connectivity index (χ3n) is 3.01. The first-order valence-corrected chi connectivity index (χ1v) is 6.28. The molecule has 0 heterocycles. The highest BCUT2D eigenvalue weighted by Crippen LogP contribution is 2.30. The summed E-state index contributed by atoms with van der Waals surface area (Å²) in [4.78, 5) is 21.8. The Hall–Kier alpha value is -2.89. The first kappa shape index (κ1) is 14.5. The van der Waals surface area contributed by atoms with Gasteiger partial charge in [0, 0.05) is 24.6 Å². The third kappa shape index (κ3) is 3.36. The molecule has 0 saturated heterocycles. The zero-order valence-corrected chi connectivity index (χ0v) is 11.3. The summed E-state index contributed by atoms with van der Waals surface area (Å²) in [6.45, 7) is 1.35. The molecule has 6 heteroatoms. The molecule has 21 heavy (non-hydrogen) atoms. The second-order valence-corrected chi connectivity index (χ2v) is 4.54. The number of non-ortho nitro benzene ring substituents is 1. The number of nitrogens with one attached hydrogen (secondary N) is 1. The van der Waals surface area contributed by atoms with Gasteiger partial charge in [-0.15, -0.1) is 0 Å². The summed E-state index contributed by atoms with van der Waals surface area (Å²) in [5, 5.41) is 23.5. The maximum atomic E-state index is 11.4. The van der Waals surface area contributed by atoms with Crippen molar-refractivity contribution >= 4 is 11.6 Å². The van der Waals surface area contributed by atoms with Gasteiger partial charge in [-0.2, -0.15) is 0 Å². The molecule has 1 atom stereocenters. The molecule has 0 bridgehead atoms. The summed E-state index contributed by atoms with van der Waals surface area (Å²) < 4.78 is 0. The minimum Gasteiger partial charge on any atom is -0.508 e. The Balaban J connectivity index is 2.50. The van der Waals surface area contributed by atoms with Gasteiger partial charge < -0.3 is 10.4 Å². The predicted molar refractivity (Wildman–Crippen MR) is 76.9 cm³/mol. The first-order valence-electron chi connectivity index (χ1n) is 6.28. The Kier molecular flexibility index (Phi) is 4.18. The third-order valence-corrected chi connectivity index (χ3v) is 3.01. The summed E-state index contributed by atoms with van der Waals surface area (Å²) in [7, 11) is 0. The van der Waals surface area contributed by atoms with Gasteiger partial charge in [0.2, 0.25) is 5.91 Å². The molecule has 0 spiro atoms. The lowest BCUT2D eigenvalue weighted by Gasteiger charge is -2.19. The molecule has 0 aromatic heterocycles. The van der Waals surface area contributed by atoms with Crippen LogP contribution < -0.4 is 5.32 Å². The molecule has 0 aliphatic rings. The monoisotopic (exact) mass is 286 g/mol. The van der Waals surface area contributed by atoms with E-state index in [1.807, 2.05) is 0 Å². The lowest BCUT2D eigenvalue weighted by Crippen LogP contribution is -2.27. The number of phenols is 1. The normalized spacial score (nSPS) is 11.7. The van der Waals surface area contributed by atoms with E-state index < -0.39 is 11.0 Å². The predicted octanol–water partition coefficient (Wildman–Crippen LogP) is 2.53. The van der Waals surface area contributed by atoms with Gasteiger partial charge in [0.1, 0.15) is 5.75 Å². The quantitative estimate of drug-likeness (QED) is 0.667. The molecule has 0 unspecified atom stereocenters. The number of carbonyl (C=O) groups excluding carboxylic acids is 1. The number of hydrogen-bond acceptors (Lipinski definition) is 4. The smallest absolute Gasteiger partial charge is 0.269 e. The van der Waals surface area contributed by atoms with Crippen LogP contribution in [0.3, 0.4) is 0 Å². The largest absolute Gasteiger partial charge is 0.508 e. The molecule has 2 aromatic rings. The lowest BCUT2D eigenvalue weighted by molar-refractivity contribution is -0.384. The van der Waals surface area contributed by atoms with Crippen molar-refractivity contribution in [2.75, 3.05) is 0 Å². The summed E-state index contributed by atoms with van der Waals surface area (Å²) >= 11 is 0. The summed E-state index contributed by atoms with van der Waals surface area (Å²) in [5.74, 6) is -0.280. The molecule has 6 nitrogen and oxygen atoms in total. The Morgan fingerprint density at radius 3 is 2.57 bits per heavy atom. The highest BCUT2D eigenvalue weighted by Gasteiger charge is 2.20. The zero-order chi connectivity index (χ0) is 15.4. The molecular formula is C15H14N2O4. The van der Waals surface area contributed by atoms with E-state index in [0.29, 0.717) is 11.1 Å². The summed E-state index contributed by atoms with van der Waals surface area (Å²) in [6.07, 6.45) is 0. The van der Waals surface area contributed by atoms with Crippen LogP contribution in [0.25, 0.3) is 0 Å². The molecule has 0 fully saturated rings. The highest BCUT2D eigenvalue weighted by atomic mass is 16.6. The molecule has 108 valence electrons. The van der Waals surface area contributed by atoms with Crippen molar-refractivity contribution in [2.45, 2.75) is 13.0 Å². The van der Waals surface area contributed by atoms with Crippen molar-refractivity contribution in [2.24, 2.45) is 0 Å². The maximum Gasteiger partial charge on any atom is 0.269 e. The van der Waals surface area contributed by atoms with E-state index in [0.717, 1.165) is 0 Å². The zero-order valence-electron chi connectivity index (χ0n) is 11.3. The number of rotatable bonds is 4. The minimum atomic E-state index is -0.649. The van der Waals surface area contributed by atoms with E-state index >= 15 is 0 Å². The number of nitrogens with zero attached hydrogens (tertiary/aromatic N) is 1. The maximum absolute atomic E-state index is 11.4. The molecular weight excluding hydrogens is 272 g/mol. The Labute approximate surface area is 121 Å². The van der Waals surface area contributed by atoms with Crippen molar-refractivity contribution in [1.82, 2.24) is 5.32 Å². The summed E-state index contributed by atoms with van der Waals surface area (Å²) in [6, 6.07) is 11.9. The van der Waals surface area contributed by atoms with Crippen LogP contribution >= 0.6 is 0 Å². The SMILES string of the molecule is CC(=O)N[C@@H](c1cccc([N+](=O)[O-])c1)c1ccccc1O. The fraction of sp³-hybridized carbons (Fsp3) is 0.133. The lowest BCUT2D eigenvalue weighted by atomic mass is 9.97. The Morgan fingerprint density at radius 1 is 1.24 bits per heavy atom. The number of hydrogen-bond donors (Lipinski definition) is 2. The number of benzene rings is 2. The van der Waals surface area contributed by atoms with Gasteiger partial charge in [-0.3, -0.25) is 14.9 Å². The number of nitro benzene ring substituents is 1. The van der Waals surface area contributed by atoms with Crippen LogP contribution in [0.4, 0.5) is 5.69 Å². The van der Waals surface area contributed by atoms with E-state index in [-0.39, 0.29) is 17.3 Å². The van der Waals surface area contributed by atoms with E-state index in [9.17, 15) is 20.0 Å². The topological polar surface area (TPSA) is 92.5 Å². The second-order valence-electron chi connectivity index (χ2n) is 4.54. The van der Waals surface area contributed by atoms with Gasteiger partial charge in [0.15, 0.2) is 0 Å². The van der Waals surface area contributed by atoms with E-state index in [2.05, 4.69) is 5.32 Å². The highest BCUT2D eigenvalue weighted by molar-refractivity contribution is 5.74. The average Bonchev–Trinajstić information content (AvgIpc) is 2.45. The van der Waals surface area contributed by atoms with Gasteiger partial charge in [-0.05, 0) is 11.6 Å². The first-order chi connectivity index (χ1) is 9.99. The van der Waals surface area contributed by atoms with Gasteiger partial charge in [-0.1, -0.05) is 30.3 Å². The van der Waals surface area contributed by atoms with Crippen LogP contribution in [0, 0.1) is 10.1 Å². The molecule has 2 aromatic carbocycles. The van der Waals surface area contributed by atoms with E-state index in [1.54, 1.807) is 30.3 Å². The van der Waals surface area contributed by atoms with Gasteiger partial charge in [-0.25, -0.2) is 0 Å². The van der Waals surface area contributed by atoms with Crippen molar-refractivity contribution in [3.8, 4) is 5.75 Å².